The number of alkyl halides is 2. The van der Waals surface area contributed by atoms with Crippen molar-refractivity contribution in [1.29, 1.82) is 0 Å². The van der Waals surface area contributed by atoms with Crippen LogP contribution in [-0.4, -0.2) is 49.5 Å². The maximum Gasteiger partial charge on any atom is 0.323 e. The summed E-state index contributed by atoms with van der Waals surface area (Å²) in [4.78, 5) is 27.3. The number of benzene rings is 1. The van der Waals surface area contributed by atoms with Gasteiger partial charge in [0.2, 0.25) is 5.91 Å². The Kier molecular flexibility index (Phi) is 6.01. The minimum absolute atomic E-state index is 0.0382. The number of halogens is 5. The van der Waals surface area contributed by atoms with Crippen LogP contribution in [0.1, 0.15) is 31.2 Å². The van der Waals surface area contributed by atoms with Crippen molar-refractivity contribution in [2.75, 3.05) is 20.0 Å². The molecule has 0 aromatic heterocycles. The van der Waals surface area contributed by atoms with Crippen LogP contribution in [0.15, 0.2) is 41.5 Å². The summed E-state index contributed by atoms with van der Waals surface area (Å²) in [7, 11) is 0. The molecule has 5 atom stereocenters. The van der Waals surface area contributed by atoms with E-state index in [0.717, 1.165) is 0 Å². The fraction of sp³-hybridized carbons (Fsp3) is 0.520. The summed E-state index contributed by atoms with van der Waals surface area (Å²) < 4.78 is 48.9. The van der Waals surface area contributed by atoms with Crippen LogP contribution in [-0.2, 0) is 14.3 Å². The summed E-state index contributed by atoms with van der Waals surface area (Å²) in [5, 5.41) is 6.46. The van der Waals surface area contributed by atoms with Gasteiger partial charge in [0.25, 0.3) is 0 Å². The minimum atomic E-state index is -1.46. The van der Waals surface area contributed by atoms with Crippen molar-refractivity contribution >= 4 is 35.1 Å². The molecule has 1 aromatic carbocycles. The van der Waals surface area contributed by atoms with Crippen molar-refractivity contribution in [1.82, 2.24) is 10.6 Å². The Balaban J connectivity index is 1.76. The zero-order valence-corrected chi connectivity index (χ0v) is 20.4. The van der Waals surface area contributed by atoms with Crippen LogP contribution in [0.5, 0.6) is 0 Å². The van der Waals surface area contributed by atoms with E-state index in [2.05, 4.69) is 10.6 Å². The zero-order chi connectivity index (χ0) is 25.2. The van der Waals surface area contributed by atoms with Gasteiger partial charge >= 0.3 is 5.97 Å². The van der Waals surface area contributed by atoms with Crippen molar-refractivity contribution in [3.63, 3.8) is 0 Å². The van der Waals surface area contributed by atoms with Crippen LogP contribution < -0.4 is 10.6 Å². The van der Waals surface area contributed by atoms with Gasteiger partial charge in [-0.1, -0.05) is 41.4 Å². The molecule has 1 amide bonds. The van der Waals surface area contributed by atoms with E-state index in [0.29, 0.717) is 5.03 Å². The number of esters is 1. The Hall–Kier alpha value is -2.03. The second-order valence-electron chi connectivity index (χ2n) is 10.0. The molecule has 10 heteroatoms. The van der Waals surface area contributed by atoms with Gasteiger partial charge in [-0.2, -0.15) is 0 Å². The number of allylic oxidation sites excluding steroid dienone is 2. The van der Waals surface area contributed by atoms with E-state index in [9.17, 15) is 18.4 Å². The van der Waals surface area contributed by atoms with E-state index in [1.165, 1.54) is 12.1 Å². The standard InChI is InChI=1S/C25H25Cl2F3N2O3/c1-2-35-21(33)20-18(14-4-3-5-16(27)19(14)30)25(24(32-20)9-23(10-24,11-28)12-29)15-7-6-13(26)8-17(15)31-22(25)34/h3-8,15,17-18,20,32H,2,9-12H2,1H3,(H,31,34)/t15?,17?,18-,20+,25+/m0/s1. The molecule has 3 fully saturated rings. The van der Waals surface area contributed by atoms with Crippen LogP contribution in [0.25, 0.3) is 0 Å². The SMILES string of the molecule is CCOC(=O)[C@@H]1NC2(CC(CF)(CF)C2)[C@@]2(C(=O)NC3C=C(Cl)C=CC32)[C@H]1c1cccc(Cl)c1F. The number of carbonyl (C=O) groups excluding carboxylic acids is 2. The second kappa shape index (κ2) is 8.53. The van der Waals surface area contributed by atoms with Gasteiger partial charge in [0.05, 0.1) is 36.4 Å². The molecule has 188 valence electrons. The van der Waals surface area contributed by atoms with E-state index in [4.69, 9.17) is 27.9 Å². The van der Waals surface area contributed by atoms with Crippen molar-refractivity contribution in [2.45, 2.75) is 43.3 Å². The minimum Gasteiger partial charge on any atom is -0.465 e. The van der Waals surface area contributed by atoms with Crippen molar-refractivity contribution in [2.24, 2.45) is 16.7 Å². The third-order valence-corrected chi connectivity index (χ3v) is 8.76. The summed E-state index contributed by atoms with van der Waals surface area (Å²) in [6.07, 6.45) is 5.03. The van der Waals surface area contributed by atoms with Gasteiger partial charge in [-0.15, -0.1) is 0 Å². The zero-order valence-electron chi connectivity index (χ0n) is 18.9. The van der Waals surface area contributed by atoms with Crippen molar-refractivity contribution in [3.8, 4) is 0 Å². The largest absolute Gasteiger partial charge is 0.465 e. The summed E-state index contributed by atoms with van der Waals surface area (Å²) in [5.41, 5.74) is -3.86. The Bertz CT molecular complexity index is 1130. The topological polar surface area (TPSA) is 67.4 Å². The average molecular weight is 529 g/mol. The molecule has 35 heavy (non-hydrogen) atoms. The van der Waals surface area contributed by atoms with E-state index in [1.807, 2.05) is 0 Å². The van der Waals surface area contributed by atoms with E-state index in [1.54, 1.807) is 31.2 Å². The smallest absolute Gasteiger partial charge is 0.323 e. The first-order valence-electron chi connectivity index (χ1n) is 11.6. The molecule has 0 bridgehead atoms. The van der Waals surface area contributed by atoms with E-state index >= 15 is 4.39 Å². The second-order valence-corrected chi connectivity index (χ2v) is 10.8. The molecule has 2 spiro atoms. The lowest BCUT2D eigenvalue weighted by molar-refractivity contribution is -0.147. The predicted molar refractivity (Wildman–Crippen MR) is 125 cm³/mol. The lowest BCUT2D eigenvalue weighted by atomic mass is 9.44. The number of rotatable bonds is 5. The normalized spacial score (nSPS) is 33.9. The van der Waals surface area contributed by atoms with Crippen LogP contribution in [0.3, 0.4) is 0 Å². The highest BCUT2D eigenvalue weighted by Gasteiger charge is 2.80. The highest BCUT2D eigenvalue weighted by molar-refractivity contribution is 6.31. The molecule has 4 aliphatic rings. The number of hydrogen-bond acceptors (Lipinski definition) is 4. The van der Waals surface area contributed by atoms with Gasteiger partial charge in [0.15, 0.2) is 0 Å². The fourth-order valence-corrected chi connectivity index (χ4v) is 7.43. The van der Waals surface area contributed by atoms with Gasteiger partial charge < -0.3 is 10.1 Å². The van der Waals surface area contributed by atoms with Gasteiger partial charge in [0.1, 0.15) is 11.9 Å². The van der Waals surface area contributed by atoms with E-state index < -0.39 is 71.3 Å². The quantitative estimate of drug-likeness (QED) is 0.557. The molecule has 2 N–H and O–H groups in total. The average Bonchev–Trinajstić information content (AvgIpc) is 3.27. The lowest BCUT2D eigenvalue weighted by Gasteiger charge is -2.60. The molecule has 0 radical (unpaired) electrons. The number of amides is 1. The Morgan fingerprint density at radius 2 is 1.94 bits per heavy atom. The summed E-state index contributed by atoms with van der Waals surface area (Å²) in [6.45, 7) is -0.124. The van der Waals surface area contributed by atoms with Crippen LogP contribution >= 0.6 is 23.2 Å². The van der Waals surface area contributed by atoms with Crippen LogP contribution in [0.2, 0.25) is 5.02 Å². The lowest BCUT2D eigenvalue weighted by Crippen LogP contribution is -2.70. The number of nitrogens with one attached hydrogen (secondary N) is 2. The predicted octanol–water partition coefficient (Wildman–Crippen LogP) is 4.35. The third kappa shape index (κ3) is 3.25. The van der Waals surface area contributed by atoms with Crippen molar-refractivity contribution < 1.29 is 27.5 Å². The molecule has 2 heterocycles. The van der Waals surface area contributed by atoms with Crippen LogP contribution in [0, 0.1) is 22.6 Å². The maximum absolute atomic E-state index is 15.6. The molecular weight excluding hydrogens is 504 g/mol. The Morgan fingerprint density at radius 3 is 2.60 bits per heavy atom. The molecule has 1 saturated carbocycles. The molecule has 2 aliphatic carbocycles. The van der Waals surface area contributed by atoms with Crippen molar-refractivity contribution in [3.05, 3.63) is 57.9 Å². The molecule has 5 nitrogen and oxygen atoms in total. The first kappa shape index (κ1) is 24.7. The molecule has 1 aromatic rings. The highest BCUT2D eigenvalue weighted by atomic mass is 35.5. The summed E-state index contributed by atoms with van der Waals surface area (Å²) in [6, 6.07) is 2.75. The third-order valence-electron chi connectivity index (χ3n) is 8.21. The number of hydrogen-bond donors (Lipinski definition) is 2. The van der Waals surface area contributed by atoms with Gasteiger partial charge in [0, 0.05) is 27.8 Å². The summed E-state index contributed by atoms with van der Waals surface area (Å²) in [5.74, 6) is -3.48. The monoisotopic (exact) mass is 528 g/mol. The van der Waals surface area contributed by atoms with E-state index in [-0.39, 0.29) is 30.0 Å². The van der Waals surface area contributed by atoms with Gasteiger partial charge in [-0.05, 0) is 43.5 Å². The summed E-state index contributed by atoms with van der Waals surface area (Å²) >= 11 is 12.3. The highest BCUT2D eigenvalue weighted by Crippen LogP contribution is 2.70. The molecular formula is C25H25Cl2F3N2O3. The number of carbonyl (C=O) groups is 2. The first-order chi connectivity index (χ1) is 16.7. The molecule has 2 unspecified atom stereocenters. The van der Waals surface area contributed by atoms with Gasteiger partial charge in [-0.3, -0.25) is 23.7 Å². The molecule has 2 aliphatic heterocycles. The maximum atomic E-state index is 15.6. The molecule has 2 saturated heterocycles. The first-order valence-corrected chi connectivity index (χ1v) is 12.3. The molecule has 5 rings (SSSR count). The Morgan fingerprint density at radius 1 is 1.23 bits per heavy atom. The number of ether oxygens (including phenoxy) is 1. The number of fused-ring (bicyclic) bond motifs is 3. The fourth-order valence-electron chi connectivity index (χ4n) is 7.04. The Labute approximate surface area is 211 Å². The van der Waals surface area contributed by atoms with Gasteiger partial charge in [-0.25, -0.2) is 4.39 Å². The van der Waals surface area contributed by atoms with Crippen LogP contribution in [0.4, 0.5) is 13.2 Å².